The van der Waals surface area contributed by atoms with Crippen molar-refractivity contribution in [1.82, 2.24) is 0 Å². The Morgan fingerprint density at radius 2 is 2.56 bits per heavy atom. The third kappa shape index (κ3) is 1.53. The van der Waals surface area contributed by atoms with Crippen molar-refractivity contribution in [2.45, 2.75) is 19.3 Å². The first-order chi connectivity index (χ1) is 4.33. The van der Waals surface area contributed by atoms with E-state index in [-0.39, 0.29) is 11.7 Å². The normalized spacial score (nSPS) is 26.7. The lowest BCUT2D eigenvalue weighted by Gasteiger charge is -2.09. The fourth-order valence-electron chi connectivity index (χ4n) is 0.919. The van der Waals surface area contributed by atoms with E-state index in [2.05, 4.69) is 6.07 Å². The van der Waals surface area contributed by atoms with Crippen molar-refractivity contribution in [2.24, 2.45) is 5.92 Å². The summed E-state index contributed by atoms with van der Waals surface area (Å²) in [6.45, 7) is 0. The SMILES string of the molecule is N#C[C@H]1CC=C(F)CC1. The third-order valence-corrected chi connectivity index (χ3v) is 1.54. The fraction of sp³-hybridized carbons (Fsp3) is 0.571. The molecule has 9 heavy (non-hydrogen) atoms. The lowest BCUT2D eigenvalue weighted by Crippen LogP contribution is -2.00. The first-order valence-corrected chi connectivity index (χ1v) is 3.07. The number of nitriles is 1. The van der Waals surface area contributed by atoms with E-state index in [1.54, 1.807) is 0 Å². The van der Waals surface area contributed by atoms with Crippen LogP contribution in [0.1, 0.15) is 19.3 Å². The Bertz CT molecular complexity index is 166. The van der Waals surface area contributed by atoms with Gasteiger partial charge in [0.2, 0.25) is 0 Å². The first-order valence-electron chi connectivity index (χ1n) is 3.07. The van der Waals surface area contributed by atoms with Crippen LogP contribution in [0, 0.1) is 17.2 Å². The molecule has 0 aromatic rings. The average Bonchev–Trinajstić information content (AvgIpc) is 1.90. The summed E-state index contributed by atoms with van der Waals surface area (Å²) in [4.78, 5) is 0. The fourth-order valence-corrected chi connectivity index (χ4v) is 0.919. The predicted molar refractivity (Wildman–Crippen MR) is 32.1 cm³/mol. The van der Waals surface area contributed by atoms with Crippen molar-refractivity contribution in [2.75, 3.05) is 0 Å². The summed E-state index contributed by atoms with van der Waals surface area (Å²) in [5, 5.41) is 8.38. The van der Waals surface area contributed by atoms with Gasteiger partial charge in [-0.1, -0.05) is 6.08 Å². The van der Waals surface area contributed by atoms with E-state index < -0.39 is 0 Å². The van der Waals surface area contributed by atoms with Gasteiger partial charge in [-0.15, -0.1) is 0 Å². The van der Waals surface area contributed by atoms with Gasteiger partial charge < -0.3 is 0 Å². The molecule has 0 radical (unpaired) electrons. The summed E-state index contributed by atoms with van der Waals surface area (Å²) in [5.41, 5.74) is 0. The number of hydrogen-bond acceptors (Lipinski definition) is 1. The van der Waals surface area contributed by atoms with Crippen LogP contribution in [0.25, 0.3) is 0 Å². The Morgan fingerprint density at radius 1 is 1.78 bits per heavy atom. The lowest BCUT2D eigenvalue weighted by molar-refractivity contribution is 0.486. The van der Waals surface area contributed by atoms with Gasteiger partial charge in [0.1, 0.15) is 0 Å². The van der Waals surface area contributed by atoms with Crippen molar-refractivity contribution in [1.29, 1.82) is 5.26 Å². The van der Waals surface area contributed by atoms with E-state index in [0.717, 1.165) is 0 Å². The van der Waals surface area contributed by atoms with Crippen LogP contribution in [-0.2, 0) is 0 Å². The van der Waals surface area contributed by atoms with Gasteiger partial charge in [0.05, 0.1) is 17.8 Å². The van der Waals surface area contributed by atoms with Crippen LogP contribution >= 0.6 is 0 Å². The van der Waals surface area contributed by atoms with Crippen LogP contribution in [0.15, 0.2) is 11.9 Å². The van der Waals surface area contributed by atoms with Crippen molar-refractivity contribution in [3.05, 3.63) is 11.9 Å². The highest BCUT2D eigenvalue weighted by Gasteiger charge is 2.12. The van der Waals surface area contributed by atoms with Gasteiger partial charge in [-0.25, -0.2) is 4.39 Å². The molecule has 1 rings (SSSR count). The summed E-state index contributed by atoms with van der Waals surface area (Å²) in [6, 6.07) is 2.11. The Morgan fingerprint density at radius 3 is 3.00 bits per heavy atom. The molecule has 0 aromatic carbocycles. The highest BCUT2D eigenvalue weighted by Crippen LogP contribution is 2.22. The van der Waals surface area contributed by atoms with Gasteiger partial charge in [-0.3, -0.25) is 0 Å². The molecule has 0 aliphatic heterocycles. The van der Waals surface area contributed by atoms with E-state index in [4.69, 9.17) is 5.26 Å². The molecule has 0 heterocycles. The first kappa shape index (κ1) is 6.28. The molecule has 0 aromatic heterocycles. The summed E-state index contributed by atoms with van der Waals surface area (Å²) in [5.74, 6) is 0.00556. The largest absolute Gasteiger partial charge is 0.212 e. The van der Waals surface area contributed by atoms with Crippen molar-refractivity contribution in [3.63, 3.8) is 0 Å². The molecule has 1 aliphatic rings. The van der Waals surface area contributed by atoms with Crippen LogP contribution in [0.4, 0.5) is 4.39 Å². The molecule has 0 spiro atoms. The minimum absolute atomic E-state index is 0.0542. The molecule has 2 heteroatoms. The molecule has 1 nitrogen and oxygen atoms in total. The molecular weight excluding hydrogens is 117 g/mol. The van der Waals surface area contributed by atoms with Crippen LogP contribution in [0.3, 0.4) is 0 Å². The van der Waals surface area contributed by atoms with Crippen molar-refractivity contribution in [3.8, 4) is 6.07 Å². The Balaban J connectivity index is 2.48. The number of hydrogen-bond donors (Lipinski definition) is 0. The van der Waals surface area contributed by atoms with E-state index in [9.17, 15) is 4.39 Å². The maximum absolute atomic E-state index is 12.2. The maximum Gasteiger partial charge on any atom is 0.0960 e. The molecular formula is C7H8FN. The van der Waals surface area contributed by atoms with E-state index >= 15 is 0 Å². The van der Waals surface area contributed by atoms with Gasteiger partial charge in [-0.2, -0.15) is 5.26 Å². The van der Waals surface area contributed by atoms with Gasteiger partial charge in [0.15, 0.2) is 0 Å². The van der Waals surface area contributed by atoms with Crippen LogP contribution in [-0.4, -0.2) is 0 Å². The van der Waals surface area contributed by atoms with E-state index in [1.165, 1.54) is 6.08 Å². The monoisotopic (exact) mass is 125 g/mol. The number of allylic oxidation sites excluding steroid dienone is 2. The van der Waals surface area contributed by atoms with Crippen LogP contribution in [0.5, 0.6) is 0 Å². The van der Waals surface area contributed by atoms with E-state index in [0.29, 0.717) is 19.3 Å². The van der Waals surface area contributed by atoms with Crippen molar-refractivity contribution < 1.29 is 4.39 Å². The molecule has 0 saturated carbocycles. The lowest BCUT2D eigenvalue weighted by atomic mass is 9.95. The molecule has 1 atom stereocenters. The topological polar surface area (TPSA) is 23.8 Å². The summed E-state index contributed by atoms with van der Waals surface area (Å²) >= 11 is 0. The minimum atomic E-state index is -0.0542. The molecule has 0 bridgehead atoms. The third-order valence-electron chi connectivity index (χ3n) is 1.54. The second-order valence-corrected chi connectivity index (χ2v) is 2.25. The Kier molecular flexibility index (Phi) is 1.84. The number of rotatable bonds is 0. The second kappa shape index (κ2) is 2.63. The predicted octanol–water partition coefficient (Wildman–Crippen LogP) is 2.16. The van der Waals surface area contributed by atoms with Crippen LogP contribution in [0.2, 0.25) is 0 Å². The number of nitrogens with zero attached hydrogens (tertiary/aromatic N) is 1. The van der Waals surface area contributed by atoms with Gasteiger partial charge >= 0.3 is 0 Å². The zero-order chi connectivity index (χ0) is 6.69. The number of halogens is 1. The molecule has 0 fully saturated rings. The average molecular weight is 125 g/mol. The maximum atomic E-state index is 12.2. The van der Waals surface area contributed by atoms with Crippen LogP contribution < -0.4 is 0 Å². The Labute approximate surface area is 53.8 Å². The smallest absolute Gasteiger partial charge is 0.0960 e. The molecule has 48 valence electrons. The summed E-state index contributed by atoms with van der Waals surface area (Å²) in [7, 11) is 0. The standard InChI is InChI=1S/C7H8FN/c8-7-3-1-6(5-9)2-4-7/h3,6H,1-2,4H2/t6-/m0/s1. The zero-order valence-corrected chi connectivity index (χ0v) is 5.10. The van der Waals surface area contributed by atoms with Gasteiger partial charge in [0, 0.05) is 6.42 Å². The quantitative estimate of drug-likeness (QED) is 0.486. The molecule has 1 aliphatic carbocycles. The Hall–Kier alpha value is -0.840. The highest BCUT2D eigenvalue weighted by molar-refractivity contribution is 5.02. The highest BCUT2D eigenvalue weighted by atomic mass is 19.1. The molecule has 0 N–H and O–H groups in total. The molecule has 0 saturated heterocycles. The van der Waals surface area contributed by atoms with Gasteiger partial charge in [0.25, 0.3) is 0 Å². The van der Waals surface area contributed by atoms with E-state index in [1.807, 2.05) is 0 Å². The summed E-state index contributed by atoms with van der Waals surface area (Å²) in [6.07, 6.45) is 3.26. The van der Waals surface area contributed by atoms with Gasteiger partial charge in [-0.05, 0) is 12.8 Å². The molecule has 0 unspecified atom stereocenters. The minimum Gasteiger partial charge on any atom is -0.212 e. The van der Waals surface area contributed by atoms with Crippen molar-refractivity contribution >= 4 is 0 Å². The molecule has 0 amide bonds. The summed E-state index contributed by atoms with van der Waals surface area (Å²) < 4.78 is 12.2. The second-order valence-electron chi connectivity index (χ2n) is 2.25. The zero-order valence-electron chi connectivity index (χ0n) is 5.10.